The fourth-order valence-electron chi connectivity index (χ4n) is 5.88. The molecule has 0 aromatic heterocycles. The van der Waals surface area contributed by atoms with Gasteiger partial charge >= 0.3 is 6.18 Å². The van der Waals surface area contributed by atoms with Crippen molar-refractivity contribution >= 4 is 23.4 Å². The van der Waals surface area contributed by atoms with E-state index in [-0.39, 0.29) is 49.1 Å². The number of fused-ring (bicyclic) bond motifs is 1. The van der Waals surface area contributed by atoms with Gasteiger partial charge in [0.1, 0.15) is 5.75 Å². The van der Waals surface area contributed by atoms with Crippen molar-refractivity contribution in [3.8, 4) is 5.75 Å². The minimum Gasteiger partial charge on any atom is -0.490 e. The molecule has 1 aromatic carbocycles. The SMILES string of the molecule is C[C@H]1CCCCO[C@@H](CN(C)C(=O)CCC(F)(F)F)[C@@H](C)CN([C@@H](C)CO)C(=O)c2cc(NC(=O)C3CCCCC3)ccc2O1. The molecule has 254 valence electrons. The minimum absolute atomic E-state index is 0.0564. The number of likely N-dealkylation sites (N-methyl/N-ethyl adjacent to an activating group) is 1. The number of amides is 3. The number of aliphatic hydroxyl groups is 1. The topological polar surface area (TPSA) is 108 Å². The lowest BCUT2D eigenvalue weighted by Gasteiger charge is -2.36. The van der Waals surface area contributed by atoms with E-state index in [0.717, 1.165) is 38.5 Å². The Morgan fingerprint density at radius 3 is 2.47 bits per heavy atom. The lowest BCUT2D eigenvalue weighted by atomic mass is 9.88. The van der Waals surface area contributed by atoms with E-state index in [0.29, 0.717) is 30.9 Å². The third-order valence-corrected chi connectivity index (χ3v) is 8.80. The first-order valence-corrected chi connectivity index (χ1v) is 16.2. The van der Waals surface area contributed by atoms with Crippen molar-refractivity contribution in [1.82, 2.24) is 9.80 Å². The van der Waals surface area contributed by atoms with Crippen LogP contribution in [0, 0.1) is 11.8 Å². The summed E-state index contributed by atoms with van der Waals surface area (Å²) in [5.41, 5.74) is 0.740. The number of ether oxygens (including phenoxy) is 2. The maximum absolute atomic E-state index is 14.2. The van der Waals surface area contributed by atoms with Crippen molar-refractivity contribution in [3.63, 3.8) is 0 Å². The number of aliphatic hydroxyl groups excluding tert-OH is 1. The highest BCUT2D eigenvalue weighted by Crippen LogP contribution is 2.30. The molecule has 1 heterocycles. The standard InChI is InChI=1S/C33H50F3N3O6/c1-22-19-39(23(2)21-40)32(43)27-18-26(37-31(42)25-11-6-5-7-12-25)13-14-28(27)45-24(3)10-8-9-17-44-29(22)20-38(4)30(41)15-16-33(34,35)36/h13-14,18,22-25,29,40H,5-12,15-17,19-21H2,1-4H3,(H,37,42)/t22-,23-,24-,29-/m0/s1. The van der Waals surface area contributed by atoms with Gasteiger partial charge in [0.15, 0.2) is 0 Å². The van der Waals surface area contributed by atoms with Gasteiger partial charge in [-0.25, -0.2) is 0 Å². The number of hydrogen-bond acceptors (Lipinski definition) is 6. The number of carbonyl (C=O) groups is 3. The summed E-state index contributed by atoms with van der Waals surface area (Å²) in [7, 11) is 1.46. The number of benzene rings is 1. The van der Waals surface area contributed by atoms with Gasteiger partial charge in [-0.2, -0.15) is 13.2 Å². The van der Waals surface area contributed by atoms with E-state index in [1.165, 1.54) is 16.8 Å². The van der Waals surface area contributed by atoms with Gasteiger partial charge < -0.3 is 29.7 Å². The highest BCUT2D eigenvalue weighted by Gasteiger charge is 2.33. The van der Waals surface area contributed by atoms with Gasteiger partial charge in [-0.15, -0.1) is 0 Å². The van der Waals surface area contributed by atoms with E-state index in [2.05, 4.69) is 5.32 Å². The average Bonchev–Trinajstić information content (AvgIpc) is 3.01. The van der Waals surface area contributed by atoms with Gasteiger partial charge in [0, 0.05) is 50.7 Å². The molecule has 2 aliphatic rings. The highest BCUT2D eigenvalue weighted by atomic mass is 19.4. The molecule has 2 N–H and O–H groups in total. The molecule has 0 saturated heterocycles. The molecule has 1 aromatic rings. The number of rotatable bonds is 8. The number of halogens is 3. The van der Waals surface area contributed by atoms with Crippen molar-refractivity contribution in [1.29, 1.82) is 0 Å². The zero-order valence-electron chi connectivity index (χ0n) is 27.0. The van der Waals surface area contributed by atoms with Crippen LogP contribution < -0.4 is 10.1 Å². The van der Waals surface area contributed by atoms with Gasteiger partial charge in [-0.1, -0.05) is 26.2 Å². The molecular formula is C33H50F3N3O6. The summed E-state index contributed by atoms with van der Waals surface area (Å²) >= 11 is 0. The van der Waals surface area contributed by atoms with Crippen LogP contribution in [-0.4, -0.2) is 90.4 Å². The number of anilines is 1. The Balaban J connectivity index is 1.88. The van der Waals surface area contributed by atoms with Crippen LogP contribution in [0.25, 0.3) is 0 Å². The molecular weight excluding hydrogens is 591 g/mol. The Morgan fingerprint density at radius 1 is 1.11 bits per heavy atom. The molecule has 0 radical (unpaired) electrons. The fourth-order valence-corrected chi connectivity index (χ4v) is 5.88. The molecule has 1 aliphatic heterocycles. The molecule has 3 amide bonds. The molecule has 9 nitrogen and oxygen atoms in total. The Kier molecular flexibility index (Phi) is 14.0. The van der Waals surface area contributed by atoms with Crippen LogP contribution in [0.3, 0.4) is 0 Å². The molecule has 0 spiro atoms. The zero-order chi connectivity index (χ0) is 33.1. The predicted octanol–water partition coefficient (Wildman–Crippen LogP) is 5.80. The summed E-state index contributed by atoms with van der Waals surface area (Å²) in [5.74, 6) is -1.14. The molecule has 3 rings (SSSR count). The van der Waals surface area contributed by atoms with E-state index in [1.54, 1.807) is 25.1 Å². The summed E-state index contributed by atoms with van der Waals surface area (Å²) in [6.07, 6.45) is -0.0793. The summed E-state index contributed by atoms with van der Waals surface area (Å²) < 4.78 is 50.6. The second-order valence-corrected chi connectivity index (χ2v) is 12.7. The average molecular weight is 642 g/mol. The second kappa shape index (κ2) is 17.2. The lowest BCUT2D eigenvalue weighted by molar-refractivity contribution is -0.149. The molecule has 45 heavy (non-hydrogen) atoms. The molecule has 0 unspecified atom stereocenters. The van der Waals surface area contributed by atoms with E-state index in [1.807, 2.05) is 13.8 Å². The first-order valence-electron chi connectivity index (χ1n) is 16.2. The van der Waals surface area contributed by atoms with E-state index in [4.69, 9.17) is 9.47 Å². The number of hydrogen-bond donors (Lipinski definition) is 2. The maximum atomic E-state index is 14.2. The lowest BCUT2D eigenvalue weighted by Crippen LogP contribution is -2.48. The molecule has 1 aliphatic carbocycles. The normalized spacial score (nSPS) is 23.3. The summed E-state index contributed by atoms with van der Waals surface area (Å²) in [4.78, 5) is 42.5. The van der Waals surface area contributed by atoms with E-state index >= 15 is 0 Å². The Bertz CT molecular complexity index is 1130. The maximum Gasteiger partial charge on any atom is 0.389 e. The molecule has 4 atom stereocenters. The summed E-state index contributed by atoms with van der Waals surface area (Å²) in [5, 5.41) is 13.1. The van der Waals surface area contributed by atoms with Crippen LogP contribution in [0.4, 0.5) is 18.9 Å². The first-order chi connectivity index (χ1) is 21.3. The molecule has 0 bridgehead atoms. The zero-order valence-corrected chi connectivity index (χ0v) is 27.0. The molecule has 12 heteroatoms. The number of nitrogens with zero attached hydrogens (tertiary/aromatic N) is 2. The first kappa shape index (κ1) is 36.6. The monoisotopic (exact) mass is 641 g/mol. The summed E-state index contributed by atoms with van der Waals surface area (Å²) in [6.45, 7) is 5.75. The van der Waals surface area contributed by atoms with Crippen LogP contribution >= 0.6 is 0 Å². The minimum atomic E-state index is -4.43. The van der Waals surface area contributed by atoms with Crippen molar-refractivity contribution in [2.45, 2.75) is 109 Å². The number of nitrogens with one attached hydrogen (secondary N) is 1. The largest absolute Gasteiger partial charge is 0.490 e. The van der Waals surface area contributed by atoms with Crippen molar-refractivity contribution < 1.29 is 42.1 Å². The van der Waals surface area contributed by atoms with Gasteiger partial charge in [-0.3, -0.25) is 14.4 Å². The van der Waals surface area contributed by atoms with E-state index in [9.17, 15) is 32.7 Å². The van der Waals surface area contributed by atoms with Gasteiger partial charge in [0.25, 0.3) is 5.91 Å². The van der Waals surface area contributed by atoms with Crippen LogP contribution in [0.15, 0.2) is 18.2 Å². The van der Waals surface area contributed by atoms with Crippen LogP contribution in [0.1, 0.15) is 95.3 Å². The smallest absolute Gasteiger partial charge is 0.389 e. The third-order valence-electron chi connectivity index (χ3n) is 8.80. The second-order valence-electron chi connectivity index (χ2n) is 12.7. The Labute approximate surface area is 264 Å². The molecule has 1 fully saturated rings. The molecule has 1 saturated carbocycles. The van der Waals surface area contributed by atoms with Gasteiger partial charge in [0.05, 0.1) is 36.8 Å². The van der Waals surface area contributed by atoms with Gasteiger partial charge in [-0.05, 0) is 64.2 Å². The van der Waals surface area contributed by atoms with Crippen molar-refractivity contribution in [2.75, 3.05) is 38.7 Å². The van der Waals surface area contributed by atoms with Crippen LogP contribution in [0.5, 0.6) is 5.75 Å². The number of alkyl halides is 3. The predicted molar refractivity (Wildman–Crippen MR) is 165 cm³/mol. The van der Waals surface area contributed by atoms with Gasteiger partial charge in [0.2, 0.25) is 11.8 Å². The quantitative estimate of drug-likeness (QED) is 0.372. The van der Waals surface area contributed by atoms with E-state index < -0.39 is 43.0 Å². The van der Waals surface area contributed by atoms with Crippen molar-refractivity contribution in [3.05, 3.63) is 23.8 Å². The Hall–Kier alpha value is -2.86. The highest BCUT2D eigenvalue weighted by molar-refractivity contribution is 6.00. The third kappa shape index (κ3) is 11.5. The fraction of sp³-hybridized carbons (Fsp3) is 0.727. The van der Waals surface area contributed by atoms with Crippen LogP contribution in [0.2, 0.25) is 0 Å². The summed E-state index contributed by atoms with van der Waals surface area (Å²) in [6, 6.07) is 4.47. The van der Waals surface area contributed by atoms with Crippen LogP contribution in [-0.2, 0) is 14.3 Å². The van der Waals surface area contributed by atoms with Crippen molar-refractivity contribution in [2.24, 2.45) is 11.8 Å². The Morgan fingerprint density at radius 2 is 1.80 bits per heavy atom. The number of carbonyl (C=O) groups excluding carboxylic acids is 3.